The van der Waals surface area contributed by atoms with Gasteiger partial charge in [0.1, 0.15) is 12.1 Å². The van der Waals surface area contributed by atoms with Gasteiger partial charge in [-0.25, -0.2) is 4.79 Å². The maximum absolute atomic E-state index is 12.8. The van der Waals surface area contributed by atoms with Gasteiger partial charge in [-0.3, -0.25) is 14.5 Å². The lowest BCUT2D eigenvalue weighted by atomic mass is 9.92. The number of nitrogens with one attached hydrogen (secondary N) is 1. The molecule has 0 bridgehead atoms. The number of amides is 4. The van der Waals surface area contributed by atoms with E-state index in [9.17, 15) is 14.4 Å². The number of ether oxygens (including phenoxy) is 1. The summed E-state index contributed by atoms with van der Waals surface area (Å²) in [5.74, 6) is -0.710. The molecule has 0 radical (unpaired) electrons. The number of rotatable bonds is 3. The molecule has 0 aliphatic carbocycles. The highest BCUT2D eigenvalue weighted by Crippen LogP contribution is 2.29. The summed E-state index contributed by atoms with van der Waals surface area (Å²) in [5, 5.41) is 3.21. The van der Waals surface area contributed by atoms with Crippen molar-refractivity contribution in [2.75, 3.05) is 32.8 Å². The number of carbonyl (C=O) groups excluding carboxylic acids is 3. The molecular formula is C16H18ClN3O4. The molecule has 7 nitrogen and oxygen atoms in total. The first-order valence-electron chi connectivity index (χ1n) is 7.67. The Morgan fingerprint density at radius 2 is 1.88 bits per heavy atom. The first-order chi connectivity index (χ1) is 11.4. The fraction of sp³-hybridized carbons (Fsp3) is 0.438. The summed E-state index contributed by atoms with van der Waals surface area (Å²) in [7, 11) is 0. The summed E-state index contributed by atoms with van der Waals surface area (Å²) in [5.41, 5.74) is -0.584. The molecule has 3 rings (SSSR count). The fourth-order valence-corrected chi connectivity index (χ4v) is 2.99. The summed E-state index contributed by atoms with van der Waals surface area (Å²) >= 11 is 5.87. The second-order valence-electron chi connectivity index (χ2n) is 5.95. The van der Waals surface area contributed by atoms with Gasteiger partial charge in [-0.05, 0) is 24.6 Å². The zero-order valence-electron chi connectivity index (χ0n) is 13.3. The molecule has 2 aliphatic heterocycles. The van der Waals surface area contributed by atoms with E-state index in [4.69, 9.17) is 16.3 Å². The minimum atomic E-state index is -1.20. The number of urea groups is 1. The Hall–Kier alpha value is -2.12. The third-order valence-corrected chi connectivity index (χ3v) is 4.61. The maximum Gasteiger partial charge on any atom is 0.325 e. The Bertz CT molecular complexity index is 672. The number of hydrogen-bond donors (Lipinski definition) is 1. The lowest BCUT2D eigenvalue weighted by Gasteiger charge is -2.28. The molecule has 0 aromatic heterocycles. The topological polar surface area (TPSA) is 79.0 Å². The molecule has 2 aliphatic rings. The minimum absolute atomic E-state index is 0.262. The average molecular weight is 352 g/mol. The molecule has 2 saturated heterocycles. The fourth-order valence-electron chi connectivity index (χ4n) is 2.87. The van der Waals surface area contributed by atoms with E-state index in [-0.39, 0.29) is 12.5 Å². The van der Waals surface area contributed by atoms with E-state index in [0.717, 1.165) is 4.90 Å². The maximum atomic E-state index is 12.8. The van der Waals surface area contributed by atoms with Gasteiger partial charge >= 0.3 is 6.03 Å². The standard InChI is InChI=1S/C16H18ClN3O4/c1-16(11-2-4-12(17)5-3-11)14(22)20(15(23)18-16)10-13(21)19-6-8-24-9-7-19/h2-5H,6-10H2,1H3,(H,18,23). The van der Waals surface area contributed by atoms with Crippen LogP contribution < -0.4 is 5.32 Å². The molecule has 1 aromatic rings. The van der Waals surface area contributed by atoms with Crippen LogP contribution in [0.3, 0.4) is 0 Å². The normalized spacial score (nSPS) is 24.2. The van der Waals surface area contributed by atoms with Crippen molar-refractivity contribution in [3.63, 3.8) is 0 Å². The number of hydrogen-bond acceptors (Lipinski definition) is 4. The van der Waals surface area contributed by atoms with Crippen molar-refractivity contribution in [3.05, 3.63) is 34.9 Å². The number of nitrogens with zero attached hydrogens (tertiary/aromatic N) is 2. The first kappa shape index (κ1) is 16.7. The molecule has 1 unspecified atom stereocenters. The Morgan fingerprint density at radius 3 is 2.50 bits per heavy atom. The van der Waals surface area contributed by atoms with Crippen LogP contribution in [0.2, 0.25) is 5.02 Å². The molecule has 2 heterocycles. The molecule has 8 heteroatoms. The lowest BCUT2D eigenvalue weighted by molar-refractivity contribution is -0.141. The molecule has 4 amide bonds. The zero-order valence-corrected chi connectivity index (χ0v) is 14.0. The molecule has 128 valence electrons. The van der Waals surface area contributed by atoms with Crippen molar-refractivity contribution in [2.45, 2.75) is 12.5 Å². The van der Waals surface area contributed by atoms with Crippen molar-refractivity contribution >= 4 is 29.4 Å². The lowest BCUT2D eigenvalue weighted by Crippen LogP contribution is -2.47. The van der Waals surface area contributed by atoms with Crippen molar-refractivity contribution < 1.29 is 19.1 Å². The first-order valence-corrected chi connectivity index (χ1v) is 8.05. The molecule has 1 atom stereocenters. The predicted octanol–water partition coefficient (Wildman–Crippen LogP) is 0.966. The van der Waals surface area contributed by atoms with E-state index in [1.54, 1.807) is 36.1 Å². The SMILES string of the molecule is CC1(c2ccc(Cl)cc2)NC(=O)N(CC(=O)N2CCOCC2)C1=O. The Kier molecular flexibility index (Phi) is 4.47. The smallest absolute Gasteiger partial charge is 0.325 e. The van der Waals surface area contributed by atoms with Gasteiger partial charge in [0, 0.05) is 18.1 Å². The summed E-state index contributed by atoms with van der Waals surface area (Å²) < 4.78 is 5.20. The molecule has 1 aromatic carbocycles. The van der Waals surface area contributed by atoms with Crippen LogP contribution in [0.1, 0.15) is 12.5 Å². The molecular weight excluding hydrogens is 334 g/mol. The Labute approximate surface area is 144 Å². The Morgan fingerprint density at radius 1 is 1.25 bits per heavy atom. The van der Waals surface area contributed by atoms with Crippen LogP contribution in [-0.4, -0.2) is 60.5 Å². The highest BCUT2D eigenvalue weighted by Gasteiger charge is 2.49. The van der Waals surface area contributed by atoms with Crippen LogP contribution >= 0.6 is 11.6 Å². The third-order valence-electron chi connectivity index (χ3n) is 4.35. The van der Waals surface area contributed by atoms with E-state index < -0.39 is 17.5 Å². The highest BCUT2D eigenvalue weighted by molar-refractivity contribution is 6.30. The number of benzene rings is 1. The van der Waals surface area contributed by atoms with Crippen LogP contribution in [0.25, 0.3) is 0 Å². The van der Waals surface area contributed by atoms with E-state index in [1.165, 1.54) is 0 Å². The average Bonchev–Trinajstić information content (AvgIpc) is 2.80. The van der Waals surface area contributed by atoms with Gasteiger partial charge in [0.05, 0.1) is 13.2 Å². The monoisotopic (exact) mass is 351 g/mol. The molecule has 0 saturated carbocycles. The van der Waals surface area contributed by atoms with E-state index in [0.29, 0.717) is 36.9 Å². The summed E-state index contributed by atoms with van der Waals surface area (Å²) in [6.45, 7) is 3.22. The van der Waals surface area contributed by atoms with Crippen LogP contribution in [0, 0.1) is 0 Å². The quantitative estimate of drug-likeness (QED) is 0.823. The van der Waals surface area contributed by atoms with Crippen LogP contribution in [0.15, 0.2) is 24.3 Å². The van der Waals surface area contributed by atoms with Crippen LogP contribution in [-0.2, 0) is 19.9 Å². The minimum Gasteiger partial charge on any atom is -0.378 e. The largest absolute Gasteiger partial charge is 0.378 e. The van der Waals surface area contributed by atoms with Crippen molar-refractivity contribution in [3.8, 4) is 0 Å². The van der Waals surface area contributed by atoms with Crippen LogP contribution in [0.4, 0.5) is 4.79 Å². The number of halogens is 1. The number of carbonyl (C=O) groups is 3. The molecule has 0 spiro atoms. The molecule has 1 N–H and O–H groups in total. The number of imide groups is 1. The van der Waals surface area contributed by atoms with Gasteiger partial charge < -0.3 is 15.0 Å². The van der Waals surface area contributed by atoms with E-state index >= 15 is 0 Å². The number of morpholine rings is 1. The zero-order chi connectivity index (χ0) is 17.3. The summed E-state index contributed by atoms with van der Waals surface area (Å²) in [4.78, 5) is 39.9. The van der Waals surface area contributed by atoms with Gasteiger partial charge in [-0.1, -0.05) is 23.7 Å². The van der Waals surface area contributed by atoms with Gasteiger partial charge in [-0.2, -0.15) is 0 Å². The predicted molar refractivity (Wildman–Crippen MR) is 86.4 cm³/mol. The second-order valence-corrected chi connectivity index (χ2v) is 6.38. The van der Waals surface area contributed by atoms with Gasteiger partial charge in [0.15, 0.2) is 0 Å². The van der Waals surface area contributed by atoms with Crippen molar-refractivity contribution in [1.29, 1.82) is 0 Å². The van der Waals surface area contributed by atoms with E-state index in [1.807, 2.05) is 0 Å². The third kappa shape index (κ3) is 2.97. The summed E-state index contributed by atoms with van der Waals surface area (Å²) in [6, 6.07) is 6.12. The molecule has 2 fully saturated rings. The Balaban J connectivity index is 1.76. The highest BCUT2D eigenvalue weighted by atomic mass is 35.5. The second kappa shape index (κ2) is 6.41. The van der Waals surface area contributed by atoms with Crippen molar-refractivity contribution in [2.24, 2.45) is 0 Å². The molecule has 24 heavy (non-hydrogen) atoms. The summed E-state index contributed by atoms with van der Waals surface area (Å²) in [6.07, 6.45) is 0. The van der Waals surface area contributed by atoms with E-state index in [2.05, 4.69) is 5.32 Å². The van der Waals surface area contributed by atoms with Gasteiger partial charge in [0.2, 0.25) is 5.91 Å². The van der Waals surface area contributed by atoms with Gasteiger partial charge in [-0.15, -0.1) is 0 Å². The van der Waals surface area contributed by atoms with Gasteiger partial charge in [0.25, 0.3) is 5.91 Å². The van der Waals surface area contributed by atoms with Crippen molar-refractivity contribution in [1.82, 2.24) is 15.1 Å². The van der Waals surface area contributed by atoms with Crippen LogP contribution in [0.5, 0.6) is 0 Å².